The van der Waals surface area contributed by atoms with E-state index in [1.54, 1.807) is 24.3 Å². The molecule has 0 bridgehead atoms. The lowest BCUT2D eigenvalue weighted by molar-refractivity contribution is 0.0954. The van der Waals surface area contributed by atoms with Crippen LogP contribution in [-0.4, -0.2) is 39.6 Å². The van der Waals surface area contributed by atoms with Crippen LogP contribution in [0.3, 0.4) is 0 Å². The van der Waals surface area contributed by atoms with E-state index in [4.69, 9.17) is 18.9 Å². The molecule has 0 unspecified atom stereocenters. The summed E-state index contributed by atoms with van der Waals surface area (Å²) in [5, 5.41) is 4.00. The molecule has 0 saturated heterocycles. The van der Waals surface area contributed by atoms with Crippen LogP contribution in [0.1, 0.15) is 29.8 Å². The van der Waals surface area contributed by atoms with Gasteiger partial charge in [0.2, 0.25) is 0 Å². The molecule has 2 aromatic carbocycles. The second kappa shape index (κ2) is 10.1. The van der Waals surface area contributed by atoms with Gasteiger partial charge >= 0.3 is 0 Å². The van der Waals surface area contributed by atoms with Crippen molar-refractivity contribution in [3.8, 4) is 23.0 Å². The number of nitrogens with zero attached hydrogens (tertiary/aromatic N) is 1. The SMILES string of the molecule is CCOc1ccc(/C=N\NC(=O)c2cc(OC)cc(OC)c2)cc1OCC. The molecule has 0 heterocycles. The van der Waals surface area contributed by atoms with Crippen LogP contribution in [0.25, 0.3) is 0 Å². The van der Waals surface area contributed by atoms with Gasteiger partial charge in [0.05, 0.1) is 33.6 Å². The van der Waals surface area contributed by atoms with Gasteiger partial charge in [0.15, 0.2) is 11.5 Å². The molecular weight excluding hydrogens is 348 g/mol. The molecular formula is C20H24N2O5. The zero-order valence-electron chi connectivity index (χ0n) is 15.9. The predicted molar refractivity (Wildman–Crippen MR) is 103 cm³/mol. The summed E-state index contributed by atoms with van der Waals surface area (Å²) in [4.78, 5) is 12.3. The molecule has 7 heteroatoms. The number of rotatable bonds is 9. The minimum absolute atomic E-state index is 0.376. The van der Waals surface area contributed by atoms with Crippen molar-refractivity contribution in [2.75, 3.05) is 27.4 Å². The summed E-state index contributed by atoms with van der Waals surface area (Å²) in [5.74, 6) is 1.98. The molecule has 27 heavy (non-hydrogen) atoms. The van der Waals surface area contributed by atoms with Gasteiger partial charge in [-0.2, -0.15) is 5.10 Å². The number of hydrogen-bond acceptors (Lipinski definition) is 6. The quantitative estimate of drug-likeness (QED) is 0.540. The zero-order chi connectivity index (χ0) is 19.6. The molecule has 2 rings (SSSR count). The van der Waals surface area contributed by atoms with Crippen molar-refractivity contribution in [2.45, 2.75) is 13.8 Å². The van der Waals surface area contributed by atoms with Crippen molar-refractivity contribution in [3.63, 3.8) is 0 Å². The summed E-state index contributed by atoms with van der Waals surface area (Å²) in [6.07, 6.45) is 1.54. The van der Waals surface area contributed by atoms with E-state index in [0.717, 1.165) is 5.56 Å². The lowest BCUT2D eigenvalue weighted by Crippen LogP contribution is -2.17. The van der Waals surface area contributed by atoms with Crippen molar-refractivity contribution < 1.29 is 23.7 Å². The van der Waals surface area contributed by atoms with Crippen molar-refractivity contribution in [3.05, 3.63) is 47.5 Å². The van der Waals surface area contributed by atoms with Gasteiger partial charge in [0.25, 0.3) is 5.91 Å². The van der Waals surface area contributed by atoms with Gasteiger partial charge < -0.3 is 18.9 Å². The Kier molecular flexibility index (Phi) is 7.49. The van der Waals surface area contributed by atoms with E-state index >= 15 is 0 Å². The second-order valence-electron chi connectivity index (χ2n) is 5.37. The van der Waals surface area contributed by atoms with E-state index in [9.17, 15) is 4.79 Å². The average molecular weight is 372 g/mol. The first-order chi connectivity index (χ1) is 13.1. The van der Waals surface area contributed by atoms with E-state index in [1.165, 1.54) is 20.4 Å². The highest BCUT2D eigenvalue weighted by Crippen LogP contribution is 2.28. The van der Waals surface area contributed by atoms with Gasteiger partial charge in [-0.05, 0) is 49.7 Å². The highest BCUT2D eigenvalue weighted by atomic mass is 16.5. The number of nitrogens with one attached hydrogen (secondary N) is 1. The number of hydrazone groups is 1. The lowest BCUT2D eigenvalue weighted by atomic mass is 10.2. The maximum Gasteiger partial charge on any atom is 0.271 e. The first kappa shape index (κ1) is 20.1. The first-order valence-electron chi connectivity index (χ1n) is 8.57. The van der Waals surface area contributed by atoms with E-state index in [1.807, 2.05) is 26.0 Å². The Labute approximate surface area is 158 Å². The third-order valence-electron chi connectivity index (χ3n) is 3.56. The smallest absolute Gasteiger partial charge is 0.271 e. The molecule has 0 aromatic heterocycles. The molecule has 0 aliphatic heterocycles. The van der Waals surface area contributed by atoms with Gasteiger partial charge in [-0.1, -0.05) is 0 Å². The van der Waals surface area contributed by atoms with E-state index in [2.05, 4.69) is 10.5 Å². The van der Waals surface area contributed by atoms with Crippen LogP contribution in [0.15, 0.2) is 41.5 Å². The monoisotopic (exact) mass is 372 g/mol. The number of amides is 1. The molecule has 7 nitrogen and oxygen atoms in total. The van der Waals surface area contributed by atoms with E-state index in [-0.39, 0.29) is 5.91 Å². The Hall–Kier alpha value is -3.22. The van der Waals surface area contributed by atoms with Crippen LogP contribution >= 0.6 is 0 Å². The number of carbonyl (C=O) groups is 1. The summed E-state index contributed by atoms with van der Waals surface area (Å²) in [5.41, 5.74) is 3.64. The Balaban J connectivity index is 2.10. The van der Waals surface area contributed by atoms with Gasteiger partial charge in [0, 0.05) is 11.6 Å². The number of ether oxygens (including phenoxy) is 4. The van der Waals surface area contributed by atoms with Crippen LogP contribution < -0.4 is 24.4 Å². The largest absolute Gasteiger partial charge is 0.497 e. The topological polar surface area (TPSA) is 78.4 Å². The predicted octanol–water partition coefficient (Wildman–Crippen LogP) is 3.27. The molecule has 0 atom stereocenters. The Morgan fingerprint density at radius 3 is 2.19 bits per heavy atom. The third-order valence-corrected chi connectivity index (χ3v) is 3.56. The fraction of sp³-hybridized carbons (Fsp3) is 0.300. The summed E-state index contributed by atoms with van der Waals surface area (Å²) < 4.78 is 21.4. The molecule has 0 radical (unpaired) electrons. The molecule has 0 fully saturated rings. The fourth-order valence-corrected chi connectivity index (χ4v) is 2.32. The van der Waals surface area contributed by atoms with Gasteiger partial charge in [0.1, 0.15) is 11.5 Å². The van der Waals surface area contributed by atoms with Crippen LogP contribution in [-0.2, 0) is 0 Å². The fourth-order valence-electron chi connectivity index (χ4n) is 2.32. The lowest BCUT2D eigenvalue weighted by Gasteiger charge is -2.11. The molecule has 144 valence electrons. The number of benzene rings is 2. The first-order valence-corrected chi connectivity index (χ1v) is 8.57. The van der Waals surface area contributed by atoms with Crippen LogP contribution in [0, 0.1) is 0 Å². The third kappa shape index (κ3) is 5.64. The highest BCUT2D eigenvalue weighted by Gasteiger charge is 2.09. The summed E-state index contributed by atoms with van der Waals surface area (Å²) in [6.45, 7) is 4.88. The van der Waals surface area contributed by atoms with Gasteiger partial charge in [-0.3, -0.25) is 4.79 Å². The van der Waals surface area contributed by atoms with Crippen LogP contribution in [0.5, 0.6) is 23.0 Å². The average Bonchev–Trinajstić information content (AvgIpc) is 2.69. The molecule has 0 saturated carbocycles. The molecule has 0 spiro atoms. The highest BCUT2D eigenvalue weighted by molar-refractivity contribution is 5.95. The maximum absolute atomic E-state index is 12.3. The molecule has 0 aliphatic carbocycles. The zero-order valence-corrected chi connectivity index (χ0v) is 15.9. The number of hydrogen-bond donors (Lipinski definition) is 1. The second-order valence-corrected chi connectivity index (χ2v) is 5.37. The molecule has 1 N–H and O–H groups in total. The molecule has 1 amide bonds. The number of methoxy groups -OCH3 is 2. The van der Waals surface area contributed by atoms with Crippen LogP contribution in [0.4, 0.5) is 0 Å². The van der Waals surface area contributed by atoms with Crippen molar-refractivity contribution >= 4 is 12.1 Å². The van der Waals surface area contributed by atoms with Crippen molar-refractivity contribution in [1.29, 1.82) is 0 Å². The van der Waals surface area contributed by atoms with Gasteiger partial charge in [-0.25, -0.2) is 5.43 Å². The van der Waals surface area contributed by atoms with E-state index < -0.39 is 0 Å². The van der Waals surface area contributed by atoms with E-state index in [0.29, 0.717) is 41.8 Å². The summed E-state index contributed by atoms with van der Waals surface area (Å²) >= 11 is 0. The standard InChI is InChI=1S/C20H24N2O5/c1-5-26-18-8-7-14(9-19(18)27-6-2)13-21-22-20(23)15-10-16(24-3)12-17(11-15)25-4/h7-13H,5-6H2,1-4H3,(H,22,23)/b21-13-. The minimum atomic E-state index is -0.376. The van der Waals surface area contributed by atoms with Crippen molar-refractivity contribution in [2.24, 2.45) is 5.10 Å². The Bertz CT molecular complexity index is 783. The molecule has 2 aromatic rings. The minimum Gasteiger partial charge on any atom is -0.497 e. The van der Waals surface area contributed by atoms with Crippen LogP contribution in [0.2, 0.25) is 0 Å². The summed E-state index contributed by atoms with van der Waals surface area (Å²) in [7, 11) is 3.05. The Morgan fingerprint density at radius 2 is 1.59 bits per heavy atom. The molecule has 0 aliphatic rings. The normalized spacial score (nSPS) is 10.5. The Morgan fingerprint density at radius 1 is 0.963 bits per heavy atom. The number of carbonyl (C=O) groups excluding carboxylic acids is 1. The van der Waals surface area contributed by atoms with Crippen molar-refractivity contribution in [1.82, 2.24) is 5.43 Å². The van der Waals surface area contributed by atoms with Gasteiger partial charge in [-0.15, -0.1) is 0 Å². The summed E-state index contributed by atoms with van der Waals surface area (Å²) in [6, 6.07) is 10.4. The maximum atomic E-state index is 12.3.